The number of benzene rings is 2. The molecule has 0 unspecified atom stereocenters. The van der Waals surface area contributed by atoms with Crippen LogP contribution in [-0.4, -0.2) is 78.4 Å². The maximum absolute atomic E-state index is 14.1. The van der Waals surface area contributed by atoms with E-state index in [4.69, 9.17) is 5.73 Å². The predicted molar refractivity (Wildman–Crippen MR) is 203 cm³/mol. The van der Waals surface area contributed by atoms with Crippen LogP contribution in [0.3, 0.4) is 0 Å². The number of phenols is 1. The molecule has 2 aromatic carbocycles. The zero-order chi connectivity index (χ0) is 36.8. The molecule has 0 aromatic heterocycles. The number of unbranched alkanes of at least 4 members (excludes halogenated alkanes) is 1. The van der Waals surface area contributed by atoms with Gasteiger partial charge >= 0.3 is 0 Å². The number of rotatable bonds is 17. The van der Waals surface area contributed by atoms with E-state index in [0.717, 1.165) is 63.6 Å². The van der Waals surface area contributed by atoms with Crippen LogP contribution in [0, 0.1) is 17.8 Å². The summed E-state index contributed by atoms with van der Waals surface area (Å²) >= 11 is 0. The molecule has 3 amide bonds. The van der Waals surface area contributed by atoms with Crippen LogP contribution >= 0.6 is 0 Å². The molecule has 3 aliphatic rings. The Hall–Kier alpha value is -3.92. The summed E-state index contributed by atoms with van der Waals surface area (Å²) in [6.45, 7) is 13.5. The van der Waals surface area contributed by atoms with Crippen molar-refractivity contribution in [3.8, 4) is 5.75 Å². The first-order valence-electron chi connectivity index (χ1n) is 19.1. The smallest absolute Gasteiger partial charge is 0.242 e. The number of carbonyl (C=O) groups excluding carboxylic acids is 3. The van der Waals surface area contributed by atoms with Gasteiger partial charge in [0.25, 0.3) is 0 Å². The molecule has 6 N–H and O–H groups in total. The number of hydrogen-bond acceptors (Lipinski definition) is 6. The van der Waals surface area contributed by atoms with Crippen LogP contribution in [0.15, 0.2) is 53.5 Å². The molecule has 2 aromatic rings. The van der Waals surface area contributed by atoms with Gasteiger partial charge in [-0.1, -0.05) is 71.0 Å². The molecule has 1 aliphatic heterocycles. The Labute approximate surface area is 304 Å². The molecule has 5 rings (SSSR count). The van der Waals surface area contributed by atoms with Gasteiger partial charge in [0.05, 0.1) is 17.8 Å². The Kier molecular flexibility index (Phi) is 12.5. The lowest BCUT2D eigenvalue weighted by molar-refractivity contribution is -0.130. The van der Waals surface area contributed by atoms with E-state index >= 15 is 0 Å². The summed E-state index contributed by atoms with van der Waals surface area (Å²) in [6.07, 6.45) is 6.49. The number of nitrogens with zero attached hydrogens (tertiary/aromatic N) is 2. The van der Waals surface area contributed by atoms with Crippen molar-refractivity contribution >= 4 is 23.6 Å². The van der Waals surface area contributed by atoms with Crippen LogP contribution in [-0.2, 0) is 31.6 Å². The molecule has 1 saturated carbocycles. The van der Waals surface area contributed by atoms with Gasteiger partial charge in [0.2, 0.25) is 17.7 Å². The second kappa shape index (κ2) is 16.6. The SMILES string of the molecule is CCCC(N)=NCCCCNC(=O)[C@H](CC(C)C)NC(=O)CNC(=O)[C@]1(c2ccccc2)C[C@@H]1CN1CC[C@@]2(C)c3cc(O)ccc3C[C@@H]1[C@H]2C. The second-order valence-corrected chi connectivity index (χ2v) is 15.9. The van der Waals surface area contributed by atoms with Gasteiger partial charge in [0.1, 0.15) is 11.8 Å². The number of phenolic OH excluding ortho intramolecular Hbond substituents is 1. The van der Waals surface area contributed by atoms with Gasteiger partial charge in [-0.15, -0.1) is 0 Å². The number of likely N-dealkylation sites (tertiary alicyclic amines) is 1. The van der Waals surface area contributed by atoms with Crippen molar-refractivity contribution in [3.05, 3.63) is 65.2 Å². The van der Waals surface area contributed by atoms with Gasteiger partial charge in [-0.3, -0.25) is 24.3 Å². The van der Waals surface area contributed by atoms with Crippen LogP contribution in [0.25, 0.3) is 0 Å². The Bertz CT molecular complexity index is 1560. The van der Waals surface area contributed by atoms with Gasteiger partial charge < -0.3 is 26.8 Å². The van der Waals surface area contributed by atoms with Crippen molar-refractivity contribution in [1.82, 2.24) is 20.9 Å². The van der Waals surface area contributed by atoms with E-state index < -0.39 is 11.5 Å². The summed E-state index contributed by atoms with van der Waals surface area (Å²) in [4.78, 5) is 47.3. The zero-order valence-corrected chi connectivity index (χ0v) is 31.3. The van der Waals surface area contributed by atoms with Crippen LogP contribution in [0.4, 0.5) is 0 Å². The van der Waals surface area contributed by atoms with E-state index in [1.165, 1.54) is 11.1 Å². The number of carbonyl (C=O) groups is 3. The summed E-state index contributed by atoms with van der Waals surface area (Å²) in [5, 5.41) is 19.1. The number of nitrogens with one attached hydrogen (secondary N) is 3. The van der Waals surface area contributed by atoms with Gasteiger partial charge in [0, 0.05) is 32.1 Å². The molecule has 0 radical (unpaired) electrons. The zero-order valence-electron chi connectivity index (χ0n) is 31.3. The number of aromatic hydroxyl groups is 1. The van der Waals surface area contributed by atoms with E-state index in [1.807, 2.05) is 50.2 Å². The van der Waals surface area contributed by atoms with E-state index in [0.29, 0.717) is 43.1 Å². The molecule has 51 heavy (non-hydrogen) atoms. The molecule has 2 bridgehead atoms. The number of hydrogen-bond donors (Lipinski definition) is 5. The van der Waals surface area contributed by atoms with E-state index in [1.54, 1.807) is 6.07 Å². The van der Waals surface area contributed by atoms with Crippen molar-refractivity contribution in [2.24, 2.45) is 28.5 Å². The first kappa shape index (κ1) is 38.3. The van der Waals surface area contributed by atoms with Gasteiger partial charge in [-0.2, -0.15) is 0 Å². The van der Waals surface area contributed by atoms with Crippen LogP contribution in [0.1, 0.15) is 96.3 Å². The van der Waals surface area contributed by atoms with Crippen molar-refractivity contribution in [2.75, 3.05) is 32.7 Å². The summed E-state index contributed by atoms with van der Waals surface area (Å²) in [7, 11) is 0. The van der Waals surface area contributed by atoms with Crippen molar-refractivity contribution < 1.29 is 19.5 Å². The van der Waals surface area contributed by atoms with E-state index in [-0.39, 0.29) is 41.5 Å². The number of amides is 3. The van der Waals surface area contributed by atoms with E-state index in [9.17, 15) is 19.5 Å². The first-order valence-corrected chi connectivity index (χ1v) is 19.1. The highest BCUT2D eigenvalue weighted by atomic mass is 16.3. The highest BCUT2D eigenvalue weighted by molar-refractivity contribution is 5.95. The Balaban J connectivity index is 1.18. The summed E-state index contributed by atoms with van der Waals surface area (Å²) in [6, 6.07) is 15.4. The average molecular weight is 701 g/mol. The highest BCUT2D eigenvalue weighted by Crippen LogP contribution is 2.56. The fraction of sp³-hybridized carbons (Fsp3) is 0.610. The second-order valence-electron chi connectivity index (χ2n) is 15.9. The lowest BCUT2D eigenvalue weighted by Gasteiger charge is -2.55. The molecular weight excluding hydrogens is 640 g/mol. The Morgan fingerprint density at radius 2 is 1.86 bits per heavy atom. The van der Waals surface area contributed by atoms with Crippen LogP contribution in [0.5, 0.6) is 5.75 Å². The summed E-state index contributed by atoms with van der Waals surface area (Å²) in [5.41, 5.74) is 8.72. The minimum Gasteiger partial charge on any atom is -0.508 e. The van der Waals surface area contributed by atoms with Crippen LogP contribution < -0.4 is 21.7 Å². The lowest BCUT2D eigenvalue weighted by Crippen LogP contribution is -2.58. The maximum atomic E-state index is 14.1. The van der Waals surface area contributed by atoms with Crippen molar-refractivity contribution in [3.63, 3.8) is 0 Å². The molecular formula is C41H60N6O4. The first-order chi connectivity index (χ1) is 24.4. The average Bonchev–Trinajstić information content (AvgIpc) is 3.83. The minimum atomic E-state index is -0.705. The fourth-order valence-electron chi connectivity index (χ4n) is 8.65. The molecule has 0 spiro atoms. The fourth-order valence-corrected chi connectivity index (χ4v) is 8.65. The van der Waals surface area contributed by atoms with Gasteiger partial charge in [0.15, 0.2) is 0 Å². The third-order valence-electron chi connectivity index (χ3n) is 11.8. The normalized spacial score (nSPS) is 26.2. The lowest BCUT2D eigenvalue weighted by atomic mass is 9.59. The largest absolute Gasteiger partial charge is 0.508 e. The Morgan fingerprint density at radius 1 is 1.10 bits per heavy atom. The van der Waals surface area contributed by atoms with Gasteiger partial charge in [-0.05, 0) is 103 Å². The monoisotopic (exact) mass is 700 g/mol. The molecule has 1 saturated heterocycles. The Morgan fingerprint density at radius 3 is 2.59 bits per heavy atom. The molecule has 1 heterocycles. The minimum absolute atomic E-state index is 0.000620. The number of aliphatic imine (C=N–C) groups is 1. The number of fused-ring (bicyclic) bond motifs is 4. The third kappa shape index (κ3) is 8.76. The maximum Gasteiger partial charge on any atom is 0.242 e. The van der Waals surface area contributed by atoms with Crippen molar-refractivity contribution in [1.29, 1.82) is 0 Å². The molecule has 2 fully saturated rings. The number of amidine groups is 1. The van der Waals surface area contributed by atoms with Crippen molar-refractivity contribution in [2.45, 2.75) is 109 Å². The highest BCUT2D eigenvalue weighted by Gasteiger charge is 2.62. The predicted octanol–water partition coefficient (Wildman–Crippen LogP) is 4.58. The number of nitrogens with two attached hydrogens (primary N) is 1. The molecule has 2 aliphatic carbocycles. The third-order valence-corrected chi connectivity index (χ3v) is 11.8. The molecule has 10 nitrogen and oxygen atoms in total. The standard InChI is InChI=1S/C41H60N6O4/c1-6-12-36(42)43-18-10-11-19-44-38(50)34(21-27(2)3)46-37(49)25-45-39(51)41(30-13-8-7-9-14-30)24-31(41)26-47-20-17-40(5)28(4)35(47)22-29-15-16-32(48)23-33(29)40/h7-9,13-16,23,27-28,31,34-35,48H,6,10-12,17-22,24-26H2,1-5H3,(H2,42,43)(H,44,50)(H,45,51)(H,46,49)/t28-,31-,34+,35-,40-,41+/m1/s1. The van der Waals surface area contributed by atoms with Gasteiger partial charge in [-0.25, -0.2) is 0 Å². The van der Waals surface area contributed by atoms with E-state index in [2.05, 4.69) is 52.7 Å². The summed E-state index contributed by atoms with van der Waals surface area (Å²) in [5.74, 6) is 0.991. The summed E-state index contributed by atoms with van der Waals surface area (Å²) < 4.78 is 0. The molecule has 278 valence electrons. The topological polar surface area (TPSA) is 149 Å². The quantitative estimate of drug-likeness (QED) is 0.0928. The molecule has 10 heteroatoms. The molecule has 6 atom stereocenters. The van der Waals surface area contributed by atoms with Crippen LogP contribution in [0.2, 0.25) is 0 Å². The number of piperidine rings is 1.